The summed E-state index contributed by atoms with van der Waals surface area (Å²) in [5.41, 5.74) is 1.93. The highest BCUT2D eigenvalue weighted by Gasteiger charge is 2.41. The molecule has 1 aliphatic rings. The number of carbonyl (C=O) groups excluding carboxylic acids is 2. The molecule has 1 heterocycles. The molecule has 192 valence electrons. The van der Waals surface area contributed by atoms with E-state index >= 15 is 0 Å². The number of ether oxygens (including phenoxy) is 1. The van der Waals surface area contributed by atoms with Crippen molar-refractivity contribution in [1.29, 1.82) is 10.5 Å². The molecule has 1 aliphatic heterocycles. The fourth-order valence-electron chi connectivity index (χ4n) is 5.28. The molecule has 3 atom stereocenters. The predicted molar refractivity (Wildman–Crippen MR) is 144 cm³/mol. The quantitative estimate of drug-likeness (QED) is 0.334. The van der Waals surface area contributed by atoms with Gasteiger partial charge in [-0.1, -0.05) is 91.0 Å². The van der Waals surface area contributed by atoms with Crippen molar-refractivity contribution in [3.05, 3.63) is 108 Å². The normalized spacial score (nSPS) is 16.1. The summed E-state index contributed by atoms with van der Waals surface area (Å²) in [5.74, 6) is -3.06. The molecule has 3 unspecified atom stereocenters. The second-order valence-electron chi connectivity index (χ2n) is 9.57. The summed E-state index contributed by atoms with van der Waals surface area (Å²) >= 11 is 0. The Hall–Kier alpha value is -4.10. The monoisotopic (exact) mass is 505 g/mol. The summed E-state index contributed by atoms with van der Waals surface area (Å²) in [6.07, 6.45) is 0.0436. The van der Waals surface area contributed by atoms with Crippen molar-refractivity contribution in [2.45, 2.75) is 12.3 Å². The minimum Gasteiger partial charge on any atom is -0.379 e. The molecule has 1 fully saturated rings. The second-order valence-corrected chi connectivity index (χ2v) is 9.57. The van der Waals surface area contributed by atoms with Gasteiger partial charge in [0.25, 0.3) is 0 Å². The van der Waals surface area contributed by atoms with Gasteiger partial charge in [0.1, 0.15) is 5.92 Å². The van der Waals surface area contributed by atoms with Crippen LogP contribution in [0.1, 0.15) is 38.6 Å². The lowest BCUT2D eigenvalue weighted by Crippen LogP contribution is -2.44. The first-order chi connectivity index (χ1) is 18.6. The Morgan fingerprint density at radius 1 is 0.737 bits per heavy atom. The van der Waals surface area contributed by atoms with E-state index < -0.39 is 23.7 Å². The van der Waals surface area contributed by atoms with Gasteiger partial charge in [-0.05, 0) is 12.0 Å². The number of hydrogen-bond donors (Lipinski definition) is 0. The molecule has 6 nitrogen and oxygen atoms in total. The molecular weight excluding hydrogens is 474 g/mol. The zero-order valence-corrected chi connectivity index (χ0v) is 21.3. The maximum absolute atomic E-state index is 14.2. The van der Waals surface area contributed by atoms with E-state index in [1.807, 2.05) is 54.6 Å². The summed E-state index contributed by atoms with van der Waals surface area (Å²) in [4.78, 5) is 30.6. The van der Waals surface area contributed by atoms with Crippen molar-refractivity contribution in [2.75, 3.05) is 32.8 Å². The first kappa shape index (κ1) is 26.9. The van der Waals surface area contributed by atoms with Crippen molar-refractivity contribution in [1.82, 2.24) is 4.90 Å². The Labute approximate surface area is 224 Å². The maximum Gasteiger partial charge on any atom is 0.167 e. The minimum absolute atomic E-state index is 0.0436. The fourth-order valence-corrected chi connectivity index (χ4v) is 5.28. The molecule has 0 bridgehead atoms. The van der Waals surface area contributed by atoms with Crippen LogP contribution >= 0.6 is 0 Å². The highest BCUT2D eigenvalue weighted by atomic mass is 16.5. The SMILES string of the molecule is N#CC(C#N)CC(C(=O)c1ccccc1)C(c1ccccc1)C(CN1CCOCC1)C(=O)c1ccccc1. The predicted octanol–water partition coefficient (Wildman–Crippen LogP) is 5.15. The topological polar surface area (TPSA) is 94.2 Å². The van der Waals surface area contributed by atoms with Crippen LogP contribution in [0.4, 0.5) is 0 Å². The van der Waals surface area contributed by atoms with Crippen LogP contribution in [0.15, 0.2) is 91.0 Å². The molecule has 3 aromatic rings. The van der Waals surface area contributed by atoms with E-state index in [2.05, 4.69) is 17.0 Å². The van der Waals surface area contributed by atoms with Crippen LogP contribution in [0, 0.1) is 40.4 Å². The molecule has 0 amide bonds. The van der Waals surface area contributed by atoms with Crippen molar-refractivity contribution in [2.24, 2.45) is 17.8 Å². The summed E-state index contributed by atoms with van der Waals surface area (Å²) in [7, 11) is 0. The van der Waals surface area contributed by atoms with E-state index in [1.54, 1.807) is 36.4 Å². The molecule has 4 rings (SSSR count). The van der Waals surface area contributed by atoms with Crippen LogP contribution in [0.2, 0.25) is 0 Å². The summed E-state index contributed by atoms with van der Waals surface area (Å²) in [6.45, 7) is 2.99. The molecule has 0 N–H and O–H groups in total. The van der Waals surface area contributed by atoms with E-state index in [9.17, 15) is 20.1 Å². The molecule has 3 aromatic carbocycles. The number of hydrogen-bond acceptors (Lipinski definition) is 6. The lowest BCUT2D eigenvalue weighted by Gasteiger charge is -2.37. The molecule has 38 heavy (non-hydrogen) atoms. The van der Waals surface area contributed by atoms with Crippen LogP contribution in [0.5, 0.6) is 0 Å². The van der Waals surface area contributed by atoms with Crippen LogP contribution in [0.25, 0.3) is 0 Å². The number of morpholine rings is 1. The van der Waals surface area contributed by atoms with E-state index in [-0.39, 0.29) is 18.0 Å². The Kier molecular flexibility index (Phi) is 9.54. The molecular formula is C32H31N3O3. The van der Waals surface area contributed by atoms with Crippen LogP contribution in [0.3, 0.4) is 0 Å². The molecule has 6 heteroatoms. The smallest absolute Gasteiger partial charge is 0.167 e. The zero-order valence-electron chi connectivity index (χ0n) is 21.3. The average molecular weight is 506 g/mol. The largest absolute Gasteiger partial charge is 0.379 e. The third-order valence-corrected chi connectivity index (χ3v) is 7.20. The minimum atomic E-state index is -0.977. The van der Waals surface area contributed by atoms with Crippen molar-refractivity contribution in [3.63, 3.8) is 0 Å². The standard InChI is InChI=1S/C32H31N3O3/c33-21-24(22-34)20-28(31(36)26-12-6-2-7-13-26)30(25-10-4-1-5-11-25)29(23-35-16-18-38-19-17-35)32(37)27-14-8-3-9-15-27/h1-15,24,28-30H,16-20,23H2. The van der Waals surface area contributed by atoms with Gasteiger partial charge in [0.2, 0.25) is 0 Å². The van der Waals surface area contributed by atoms with Gasteiger partial charge in [0, 0.05) is 48.5 Å². The van der Waals surface area contributed by atoms with Crippen LogP contribution < -0.4 is 0 Å². The molecule has 0 aliphatic carbocycles. The average Bonchev–Trinajstić information content (AvgIpc) is 2.99. The molecule has 0 spiro atoms. The number of benzene rings is 3. The number of rotatable bonds is 11. The van der Waals surface area contributed by atoms with E-state index in [0.717, 1.165) is 5.56 Å². The number of nitrogens with zero attached hydrogens (tertiary/aromatic N) is 3. The third-order valence-electron chi connectivity index (χ3n) is 7.20. The van der Waals surface area contributed by atoms with Crippen molar-refractivity contribution in [3.8, 4) is 12.1 Å². The highest BCUT2D eigenvalue weighted by molar-refractivity contribution is 6.01. The number of ketones is 2. The second kappa shape index (κ2) is 13.4. The van der Waals surface area contributed by atoms with Gasteiger partial charge in [-0.25, -0.2) is 0 Å². The first-order valence-corrected chi connectivity index (χ1v) is 12.9. The van der Waals surface area contributed by atoms with Gasteiger partial charge in [-0.3, -0.25) is 14.5 Å². The van der Waals surface area contributed by atoms with Crippen LogP contribution in [-0.2, 0) is 4.74 Å². The summed E-state index contributed by atoms with van der Waals surface area (Å²) in [6, 6.07) is 31.8. The lowest BCUT2D eigenvalue weighted by molar-refractivity contribution is 0.0259. The highest BCUT2D eigenvalue weighted by Crippen LogP contribution is 2.40. The summed E-state index contributed by atoms with van der Waals surface area (Å²) < 4.78 is 5.54. The molecule has 1 saturated heterocycles. The number of carbonyl (C=O) groups is 2. The van der Waals surface area contributed by atoms with Gasteiger partial charge < -0.3 is 4.74 Å². The third kappa shape index (κ3) is 6.61. The number of Topliss-reactive ketones (excluding diaryl/α,β-unsaturated/α-hetero) is 2. The summed E-state index contributed by atoms with van der Waals surface area (Å²) in [5, 5.41) is 19.4. The van der Waals surface area contributed by atoms with Gasteiger partial charge in [0.05, 0.1) is 25.4 Å². The van der Waals surface area contributed by atoms with Crippen LogP contribution in [-0.4, -0.2) is 49.3 Å². The molecule has 0 radical (unpaired) electrons. The number of nitriles is 2. The van der Waals surface area contributed by atoms with E-state index in [4.69, 9.17) is 4.74 Å². The Balaban J connectivity index is 1.86. The van der Waals surface area contributed by atoms with Gasteiger partial charge >= 0.3 is 0 Å². The van der Waals surface area contributed by atoms with Gasteiger partial charge in [-0.2, -0.15) is 10.5 Å². The van der Waals surface area contributed by atoms with Crippen molar-refractivity contribution < 1.29 is 14.3 Å². The molecule has 0 aromatic heterocycles. The molecule has 0 saturated carbocycles. The Morgan fingerprint density at radius 2 is 1.21 bits per heavy atom. The Bertz CT molecular complexity index is 1260. The van der Waals surface area contributed by atoms with E-state index in [1.165, 1.54) is 0 Å². The first-order valence-electron chi connectivity index (χ1n) is 12.9. The van der Waals surface area contributed by atoms with Crippen molar-refractivity contribution >= 4 is 11.6 Å². The van der Waals surface area contributed by atoms with Gasteiger partial charge in [0.15, 0.2) is 11.6 Å². The Morgan fingerprint density at radius 3 is 1.71 bits per heavy atom. The fraction of sp³-hybridized carbons (Fsp3) is 0.312. The lowest BCUT2D eigenvalue weighted by atomic mass is 9.68. The zero-order chi connectivity index (χ0) is 26.7. The van der Waals surface area contributed by atoms with Gasteiger partial charge in [-0.15, -0.1) is 0 Å². The maximum atomic E-state index is 14.2. The van der Waals surface area contributed by atoms with E-state index in [0.29, 0.717) is 44.0 Å².